The van der Waals surface area contributed by atoms with Crippen LogP contribution in [-0.2, 0) is 6.42 Å². The van der Waals surface area contributed by atoms with Crippen molar-refractivity contribution in [2.24, 2.45) is 5.92 Å². The van der Waals surface area contributed by atoms with Crippen LogP contribution in [0.1, 0.15) is 18.4 Å². The number of likely N-dealkylation sites (tertiary alicyclic amines) is 1. The minimum Gasteiger partial charge on any atom is -0.338 e. The number of aryl methyl sites for hydroxylation is 1. The second-order valence-electron chi connectivity index (χ2n) is 6.29. The van der Waals surface area contributed by atoms with E-state index in [1.807, 2.05) is 29.2 Å². The van der Waals surface area contributed by atoms with Gasteiger partial charge in [0, 0.05) is 31.2 Å². The Bertz CT molecular complexity index is 493. The molecule has 1 aromatic rings. The van der Waals surface area contributed by atoms with E-state index < -0.39 is 0 Å². The van der Waals surface area contributed by atoms with Gasteiger partial charge in [-0.15, -0.1) is 0 Å². The van der Waals surface area contributed by atoms with Crippen molar-refractivity contribution in [2.45, 2.75) is 19.3 Å². The van der Waals surface area contributed by atoms with Crippen LogP contribution in [0.2, 0.25) is 5.02 Å². The van der Waals surface area contributed by atoms with E-state index in [1.165, 1.54) is 0 Å². The SMILES string of the molecule is CN(C)C[C@@H]1CCN(C(=O)NCCCc2ccccc2Cl)C1. The lowest BCUT2D eigenvalue weighted by molar-refractivity contribution is 0.205. The molecule has 122 valence electrons. The Morgan fingerprint density at radius 3 is 2.91 bits per heavy atom. The lowest BCUT2D eigenvalue weighted by Gasteiger charge is -2.19. The Morgan fingerprint density at radius 1 is 1.41 bits per heavy atom. The third-order valence-corrected chi connectivity index (χ3v) is 4.42. The van der Waals surface area contributed by atoms with Gasteiger partial charge in [-0.25, -0.2) is 4.79 Å². The van der Waals surface area contributed by atoms with E-state index in [4.69, 9.17) is 11.6 Å². The first-order valence-electron chi connectivity index (χ1n) is 7.97. The molecule has 0 aromatic heterocycles. The molecule has 1 aliphatic rings. The number of rotatable bonds is 6. The van der Waals surface area contributed by atoms with Crippen LogP contribution in [0.15, 0.2) is 24.3 Å². The average Bonchev–Trinajstić information content (AvgIpc) is 2.93. The number of benzene rings is 1. The third kappa shape index (κ3) is 5.18. The van der Waals surface area contributed by atoms with Crippen molar-refractivity contribution in [1.29, 1.82) is 0 Å². The Hall–Kier alpha value is -1.26. The number of hydrogen-bond acceptors (Lipinski definition) is 2. The zero-order valence-electron chi connectivity index (χ0n) is 13.5. The number of nitrogens with one attached hydrogen (secondary N) is 1. The van der Waals surface area contributed by atoms with Crippen molar-refractivity contribution in [3.8, 4) is 0 Å². The zero-order chi connectivity index (χ0) is 15.9. The molecule has 1 heterocycles. The molecule has 0 radical (unpaired) electrons. The lowest BCUT2D eigenvalue weighted by atomic mass is 10.1. The number of carbonyl (C=O) groups excluding carboxylic acids is 1. The number of carbonyl (C=O) groups is 1. The summed E-state index contributed by atoms with van der Waals surface area (Å²) in [5.74, 6) is 0.601. The lowest BCUT2D eigenvalue weighted by Crippen LogP contribution is -2.39. The monoisotopic (exact) mass is 323 g/mol. The quantitative estimate of drug-likeness (QED) is 0.817. The molecule has 0 aliphatic carbocycles. The minimum atomic E-state index is 0.0698. The van der Waals surface area contributed by atoms with E-state index in [9.17, 15) is 4.79 Å². The molecular formula is C17H26ClN3O. The van der Waals surface area contributed by atoms with Crippen LogP contribution >= 0.6 is 11.6 Å². The highest BCUT2D eigenvalue weighted by Crippen LogP contribution is 2.17. The fraction of sp³-hybridized carbons (Fsp3) is 0.588. The van der Waals surface area contributed by atoms with Crippen molar-refractivity contribution in [2.75, 3.05) is 40.3 Å². The molecule has 1 fully saturated rings. The predicted molar refractivity (Wildman–Crippen MR) is 91.4 cm³/mol. The van der Waals surface area contributed by atoms with E-state index in [0.717, 1.165) is 49.5 Å². The predicted octanol–water partition coefficient (Wildman–Crippen LogP) is 2.87. The Kier molecular flexibility index (Phi) is 6.52. The summed E-state index contributed by atoms with van der Waals surface area (Å²) in [6, 6.07) is 7.95. The minimum absolute atomic E-state index is 0.0698. The van der Waals surface area contributed by atoms with Gasteiger partial charge in [-0.3, -0.25) is 0 Å². The maximum Gasteiger partial charge on any atom is 0.317 e. The van der Waals surface area contributed by atoms with E-state index in [2.05, 4.69) is 24.3 Å². The Morgan fingerprint density at radius 2 is 2.18 bits per heavy atom. The van der Waals surface area contributed by atoms with Gasteiger partial charge in [0.25, 0.3) is 0 Å². The highest BCUT2D eigenvalue weighted by atomic mass is 35.5. The van der Waals surface area contributed by atoms with Gasteiger partial charge in [0.1, 0.15) is 0 Å². The van der Waals surface area contributed by atoms with Crippen molar-refractivity contribution < 1.29 is 4.79 Å². The summed E-state index contributed by atoms with van der Waals surface area (Å²) < 4.78 is 0. The largest absolute Gasteiger partial charge is 0.338 e. The number of urea groups is 1. The normalized spacial score (nSPS) is 18.0. The first-order chi connectivity index (χ1) is 10.6. The molecule has 0 saturated carbocycles. The number of amides is 2. The zero-order valence-corrected chi connectivity index (χ0v) is 14.3. The third-order valence-electron chi connectivity index (χ3n) is 4.05. The highest BCUT2D eigenvalue weighted by molar-refractivity contribution is 6.31. The van der Waals surface area contributed by atoms with Crippen molar-refractivity contribution in [3.05, 3.63) is 34.9 Å². The van der Waals surface area contributed by atoms with E-state index in [0.29, 0.717) is 12.5 Å². The summed E-state index contributed by atoms with van der Waals surface area (Å²) in [7, 11) is 4.16. The van der Waals surface area contributed by atoms with Gasteiger partial charge in [-0.1, -0.05) is 29.8 Å². The van der Waals surface area contributed by atoms with Crippen LogP contribution in [0.4, 0.5) is 4.79 Å². The van der Waals surface area contributed by atoms with E-state index in [1.54, 1.807) is 0 Å². The van der Waals surface area contributed by atoms with Crippen LogP contribution < -0.4 is 5.32 Å². The van der Waals surface area contributed by atoms with E-state index in [-0.39, 0.29) is 6.03 Å². The van der Waals surface area contributed by atoms with Crippen molar-refractivity contribution in [3.63, 3.8) is 0 Å². The van der Waals surface area contributed by atoms with Gasteiger partial charge in [-0.2, -0.15) is 0 Å². The molecule has 0 spiro atoms. The summed E-state index contributed by atoms with van der Waals surface area (Å²) in [6.07, 6.45) is 2.90. The van der Waals surface area contributed by atoms with Gasteiger partial charge in [0.2, 0.25) is 0 Å². The number of halogens is 1. The number of nitrogens with zero attached hydrogens (tertiary/aromatic N) is 2. The van der Waals surface area contributed by atoms with Crippen LogP contribution in [0.5, 0.6) is 0 Å². The topological polar surface area (TPSA) is 35.6 Å². The van der Waals surface area contributed by atoms with Crippen LogP contribution in [0.3, 0.4) is 0 Å². The molecule has 22 heavy (non-hydrogen) atoms. The van der Waals surface area contributed by atoms with E-state index >= 15 is 0 Å². The van der Waals surface area contributed by atoms with Gasteiger partial charge in [-0.05, 0) is 50.9 Å². The van der Waals surface area contributed by atoms with Gasteiger partial charge in [0.15, 0.2) is 0 Å². The molecule has 1 N–H and O–H groups in total. The second kappa shape index (κ2) is 8.39. The van der Waals surface area contributed by atoms with Crippen molar-refractivity contribution in [1.82, 2.24) is 15.1 Å². The summed E-state index contributed by atoms with van der Waals surface area (Å²) >= 11 is 6.13. The van der Waals surface area contributed by atoms with Gasteiger partial charge in [0.05, 0.1) is 0 Å². The van der Waals surface area contributed by atoms with Crippen LogP contribution in [0, 0.1) is 5.92 Å². The maximum atomic E-state index is 12.1. The van der Waals surface area contributed by atoms with Crippen LogP contribution in [0.25, 0.3) is 0 Å². The van der Waals surface area contributed by atoms with Crippen molar-refractivity contribution >= 4 is 17.6 Å². The Labute approximate surface area is 138 Å². The molecule has 1 atom stereocenters. The summed E-state index contributed by atoms with van der Waals surface area (Å²) in [4.78, 5) is 16.3. The van der Waals surface area contributed by atoms with Gasteiger partial charge < -0.3 is 15.1 Å². The molecule has 2 rings (SSSR count). The second-order valence-corrected chi connectivity index (χ2v) is 6.70. The summed E-state index contributed by atoms with van der Waals surface area (Å²) in [6.45, 7) is 3.48. The summed E-state index contributed by atoms with van der Waals surface area (Å²) in [5, 5.41) is 3.82. The molecule has 0 bridgehead atoms. The molecule has 1 aliphatic heterocycles. The molecule has 2 amide bonds. The highest BCUT2D eigenvalue weighted by Gasteiger charge is 2.26. The standard InChI is InChI=1S/C17H26ClN3O/c1-20(2)12-14-9-11-21(13-14)17(22)19-10-5-7-15-6-3-4-8-16(15)18/h3-4,6,8,14H,5,7,9-13H2,1-2H3,(H,19,22)/t14-/m0/s1. The number of hydrogen-bond donors (Lipinski definition) is 1. The molecule has 0 unspecified atom stereocenters. The molecular weight excluding hydrogens is 298 g/mol. The molecule has 1 aromatic carbocycles. The smallest absolute Gasteiger partial charge is 0.317 e. The first-order valence-corrected chi connectivity index (χ1v) is 8.35. The maximum absolute atomic E-state index is 12.1. The fourth-order valence-corrected chi connectivity index (χ4v) is 3.20. The fourth-order valence-electron chi connectivity index (χ4n) is 2.97. The molecule has 1 saturated heterocycles. The Balaban J connectivity index is 1.65. The average molecular weight is 324 g/mol. The van der Waals surface area contributed by atoms with Gasteiger partial charge >= 0.3 is 6.03 Å². The summed E-state index contributed by atoms with van der Waals surface area (Å²) in [5.41, 5.74) is 1.14. The molecule has 4 nitrogen and oxygen atoms in total. The molecule has 5 heteroatoms. The van der Waals surface area contributed by atoms with Crippen LogP contribution in [-0.4, -0.2) is 56.1 Å². The first kappa shape index (κ1) is 17.1.